The van der Waals surface area contributed by atoms with Gasteiger partial charge in [0.25, 0.3) is 0 Å². The second-order valence-electron chi connectivity index (χ2n) is 5.70. The van der Waals surface area contributed by atoms with Gasteiger partial charge in [-0.25, -0.2) is 0 Å². The summed E-state index contributed by atoms with van der Waals surface area (Å²) < 4.78 is 0. The molecule has 0 amide bonds. The van der Waals surface area contributed by atoms with Gasteiger partial charge in [-0.15, -0.1) is 0 Å². The summed E-state index contributed by atoms with van der Waals surface area (Å²) in [7, 11) is 0. The molecule has 2 fully saturated rings. The van der Waals surface area contributed by atoms with Crippen molar-refractivity contribution in [2.75, 3.05) is 39.3 Å². The molecule has 0 aromatic rings. The molecule has 16 heavy (non-hydrogen) atoms. The summed E-state index contributed by atoms with van der Waals surface area (Å²) in [5, 5.41) is 0. The number of likely N-dealkylation sites (tertiary alicyclic amines) is 2. The van der Waals surface area contributed by atoms with E-state index in [1.54, 1.807) is 0 Å². The zero-order valence-corrected chi connectivity index (χ0v) is 11.1. The maximum atomic E-state index is 2.72. The van der Waals surface area contributed by atoms with Crippen LogP contribution in [0, 0.1) is 11.8 Å². The van der Waals surface area contributed by atoms with E-state index in [0.29, 0.717) is 0 Å². The zero-order valence-electron chi connectivity index (χ0n) is 11.1. The molecule has 2 nitrogen and oxygen atoms in total. The van der Waals surface area contributed by atoms with E-state index in [0.717, 1.165) is 11.8 Å². The van der Waals surface area contributed by atoms with Crippen LogP contribution in [-0.4, -0.2) is 49.1 Å². The van der Waals surface area contributed by atoms with Crippen LogP contribution in [-0.2, 0) is 0 Å². The average Bonchev–Trinajstić information content (AvgIpc) is 2.78. The molecule has 0 aliphatic carbocycles. The van der Waals surface area contributed by atoms with Crippen molar-refractivity contribution in [3.05, 3.63) is 0 Å². The third-order valence-electron chi connectivity index (χ3n) is 4.62. The van der Waals surface area contributed by atoms with Gasteiger partial charge in [-0.2, -0.15) is 0 Å². The van der Waals surface area contributed by atoms with Crippen LogP contribution in [0.1, 0.15) is 39.5 Å². The molecule has 0 radical (unpaired) electrons. The lowest BCUT2D eigenvalue weighted by atomic mass is 9.96. The van der Waals surface area contributed by atoms with E-state index in [-0.39, 0.29) is 0 Å². The third-order valence-corrected chi connectivity index (χ3v) is 4.62. The monoisotopic (exact) mass is 224 g/mol. The van der Waals surface area contributed by atoms with Crippen molar-refractivity contribution in [2.45, 2.75) is 39.5 Å². The SMILES string of the molecule is CCC1CCN(CC2CCN(CC)CC2)C1. The fraction of sp³-hybridized carbons (Fsp3) is 1.00. The second-order valence-corrected chi connectivity index (χ2v) is 5.70. The summed E-state index contributed by atoms with van der Waals surface area (Å²) in [4.78, 5) is 5.32. The predicted octanol–water partition coefficient (Wildman–Crippen LogP) is 2.45. The van der Waals surface area contributed by atoms with Gasteiger partial charge >= 0.3 is 0 Å². The number of rotatable bonds is 4. The van der Waals surface area contributed by atoms with Crippen molar-refractivity contribution in [3.63, 3.8) is 0 Å². The van der Waals surface area contributed by atoms with Crippen LogP contribution >= 0.6 is 0 Å². The van der Waals surface area contributed by atoms with Gasteiger partial charge in [-0.1, -0.05) is 20.3 Å². The summed E-state index contributed by atoms with van der Waals surface area (Å²) in [6, 6.07) is 0. The number of hydrogen-bond donors (Lipinski definition) is 0. The van der Waals surface area contributed by atoms with E-state index in [1.807, 2.05) is 0 Å². The van der Waals surface area contributed by atoms with Crippen molar-refractivity contribution in [1.29, 1.82) is 0 Å². The van der Waals surface area contributed by atoms with Crippen LogP contribution in [0.2, 0.25) is 0 Å². The van der Waals surface area contributed by atoms with Crippen LogP contribution in [0.5, 0.6) is 0 Å². The highest BCUT2D eigenvalue weighted by Gasteiger charge is 2.25. The van der Waals surface area contributed by atoms with Crippen LogP contribution in [0.15, 0.2) is 0 Å². The highest BCUT2D eigenvalue weighted by atomic mass is 15.2. The largest absolute Gasteiger partial charge is 0.304 e. The number of piperidine rings is 1. The van der Waals surface area contributed by atoms with Gasteiger partial charge in [-0.3, -0.25) is 0 Å². The summed E-state index contributed by atoms with van der Waals surface area (Å²) in [6.45, 7) is 12.7. The Morgan fingerprint density at radius 2 is 1.50 bits per heavy atom. The molecule has 2 saturated heterocycles. The fourth-order valence-electron chi connectivity index (χ4n) is 3.26. The van der Waals surface area contributed by atoms with E-state index in [9.17, 15) is 0 Å². The first kappa shape index (κ1) is 12.4. The molecule has 0 aromatic heterocycles. The Morgan fingerprint density at radius 1 is 0.875 bits per heavy atom. The highest BCUT2D eigenvalue weighted by Crippen LogP contribution is 2.23. The van der Waals surface area contributed by atoms with Gasteiger partial charge in [0.2, 0.25) is 0 Å². The van der Waals surface area contributed by atoms with Crippen LogP contribution in [0.4, 0.5) is 0 Å². The molecule has 1 unspecified atom stereocenters. The molecular weight excluding hydrogens is 196 g/mol. The fourth-order valence-corrected chi connectivity index (χ4v) is 3.26. The normalized spacial score (nSPS) is 30.0. The molecule has 2 rings (SSSR count). The Bertz CT molecular complexity index is 197. The number of hydrogen-bond acceptors (Lipinski definition) is 2. The molecule has 0 spiro atoms. The average molecular weight is 224 g/mol. The Hall–Kier alpha value is -0.0800. The molecule has 2 aliphatic rings. The standard InChI is InChI=1S/C14H28N2/c1-3-13-5-10-16(11-13)12-14-6-8-15(4-2)9-7-14/h13-14H,3-12H2,1-2H3. The minimum atomic E-state index is 0.985. The molecule has 2 aliphatic heterocycles. The smallest absolute Gasteiger partial charge is 0.00107 e. The van der Waals surface area contributed by atoms with E-state index in [2.05, 4.69) is 23.6 Å². The zero-order chi connectivity index (χ0) is 11.4. The minimum absolute atomic E-state index is 0.985. The van der Waals surface area contributed by atoms with Crippen molar-refractivity contribution in [2.24, 2.45) is 11.8 Å². The predicted molar refractivity (Wildman–Crippen MR) is 69.7 cm³/mol. The van der Waals surface area contributed by atoms with Gasteiger partial charge in [0.1, 0.15) is 0 Å². The Kier molecular flexibility index (Phi) is 4.66. The first-order valence-corrected chi connectivity index (χ1v) is 7.26. The van der Waals surface area contributed by atoms with Crippen molar-refractivity contribution >= 4 is 0 Å². The first-order valence-electron chi connectivity index (χ1n) is 7.26. The molecule has 1 atom stereocenters. The molecule has 0 bridgehead atoms. The van der Waals surface area contributed by atoms with Crippen LogP contribution in [0.25, 0.3) is 0 Å². The molecule has 0 saturated carbocycles. The summed E-state index contributed by atoms with van der Waals surface area (Å²) in [6.07, 6.45) is 5.69. The Labute approximate surface area is 101 Å². The van der Waals surface area contributed by atoms with Crippen molar-refractivity contribution < 1.29 is 0 Å². The first-order chi connectivity index (χ1) is 7.81. The number of nitrogens with zero attached hydrogens (tertiary/aromatic N) is 2. The molecule has 2 heterocycles. The molecular formula is C14H28N2. The molecule has 0 aromatic carbocycles. The second kappa shape index (κ2) is 6.02. The summed E-state index contributed by atoms with van der Waals surface area (Å²) in [5.74, 6) is 1.98. The maximum Gasteiger partial charge on any atom is 0.00107 e. The lowest BCUT2D eigenvalue weighted by Crippen LogP contribution is -2.38. The quantitative estimate of drug-likeness (QED) is 0.724. The van der Waals surface area contributed by atoms with Crippen molar-refractivity contribution in [3.8, 4) is 0 Å². The van der Waals surface area contributed by atoms with Gasteiger partial charge < -0.3 is 9.80 Å². The van der Waals surface area contributed by atoms with E-state index >= 15 is 0 Å². The van der Waals surface area contributed by atoms with Gasteiger partial charge in [0, 0.05) is 13.1 Å². The summed E-state index contributed by atoms with van der Waals surface area (Å²) in [5.41, 5.74) is 0. The Morgan fingerprint density at radius 3 is 2.06 bits per heavy atom. The van der Waals surface area contributed by atoms with Crippen LogP contribution < -0.4 is 0 Å². The molecule has 94 valence electrons. The van der Waals surface area contributed by atoms with Gasteiger partial charge in [0.15, 0.2) is 0 Å². The maximum absolute atomic E-state index is 2.72. The van der Waals surface area contributed by atoms with Gasteiger partial charge in [-0.05, 0) is 57.3 Å². The lowest BCUT2D eigenvalue weighted by Gasteiger charge is -2.33. The topological polar surface area (TPSA) is 6.48 Å². The Balaban J connectivity index is 1.67. The highest BCUT2D eigenvalue weighted by molar-refractivity contribution is 4.79. The molecule has 0 N–H and O–H groups in total. The van der Waals surface area contributed by atoms with E-state index in [4.69, 9.17) is 0 Å². The van der Waals surface area contributed by atoms with Gasteiger partial charge in [0.05, 0.1) is 0 Å². The summed E-state index contributed by atoms with van der Waals surface area (Å²) >= 11 is 0. The third kappa shape index (κ3) is 3.21. The van der Waals surface area contributed by atoms with Crippen LogP contribution in [0.3, 0.4) is 0 Å². The molecule has 2 heteroatoms. The van der Waals surface area contributed by atoms with Crippen molar-refractivity contribution in [1.82, 2.24) is 9.80 Å². The van der Waals surface area contributed by atoms with E-state index in [1.165, 1.54) is 65.0 Å². The minimum Gasteiger partial charge on any atom is -0.304 e. The lowest BCUT2D eigenvalue weighted by molar-refractivity contribution is 0.157. The van der Waals surface area contributed by atoms with E-state index < -0.39 is 0 Å².